The third-order valence-corrected chi connectivity index (χ3v) is 4.09. The van der Waals surface area contributed by atoms with Crippen LogP contribution < -0.4 is 5.73 Å². The molecule has 1 heterocycles. The zero-order valence-electron chi connectivity index (χ0n) is 10.4. The van der Waals surface area contributed by atoms with E-state index in [4.69, 9.17) is 5.73 Å². The Kier molecular flexibility index (Phi) is 3.59. The summed E-state index contributed by atoms with van der Waals surface area (Å²) in [6.07, 6.45) is 1.26. The molecule has 2 heteroatoms. The first-order valence-corrected chi connectivity index (χ1v) is 5.88. The van der Waals surface area contributed by atoms with E-state index in [0.717, 1.165) is 19.0 Å². The van der Waals surface area contributed by atoms with Crippen molar-refractivity contribution in [1.82, 2.24) is 4.90 Å². The molecule has 0 saturated carbocycles. The molecule has 3 atom stereocenters. The van der Waals surface area contributed by atoms with Crippen LogP contribution in [-0.2, 0) is 0 Å². The first kappa shape index (κ1) is 12.0. The fourth-order valence-electron chi connectivity index (χ4n) is 2.22. The largest absolute Gasteiger partial charge is 0.326 e. The van der Waals surface area contributed by atoms with Crippen molar-refractivity contribution in [2.75, 3.05) is 13.1 Å². The van der Waals surface area contributed by atoms with Gasteiger partial charge in [-0.25, -0.2) is 0 Å². The topological polar surface area (TPSA) is 29.3 Å². The normalized spacial score (nSPS) is 31.7. The fraction of sp³-hybridized carbons (Fsp3) is 1.00. The number of hydrogen-bond acceptors (Lipinski definition) is 2. The van der Waals surface area contributed by atoms with E-state index >= 15 is 0 Å². The molecule has 1 rings (SSSR count). The van der Waals surface area contributed by atoms with Crippen LogP contribution in [-0.4, -0.2) is 30.1 Å². The lowest BCUT2D eigenvalue weighted by Gasteiger charge is -2.30. The van der Waals surface area contributed by atoms with Gasteiger partial charge in [0, 0.05) is 25.2 Å². The Hall–Kier alpha value is -0.0800. The molecule has 0 spiro atoms. The van der Waals surface area contributed by atoms with Crippen molar-refractivity contribution in [3.8, 4) is 0 Å². The molecule has 1 aliphatic rings. The summed E-state index contributed by atoms with van der Waals surface area (Å²) in [5.41, 5.74) is 6.43. The average Bonchev–Trinajstić information content (AvgIpc) is 2.39. The van der Waals surface area contributed by atoms with Crippen LogP contribution in [0.5, 0.6) is 0 Å². The van der Waals surface area contributed by atoms with Crippen LogP contribution in [0.4, 0.5) is 0 Å². The highest BCUT2D eigenvalue weighted by molar-refractivity contribution is 4.95. The van der Waals surface area contributed by atoms with Crippen LogP contribution in [0.2, 0.25) is 0 Å². The van der Waals surface area contributed by atoms with Gasteiger partial charge in [0.15, 0.2) is 0 Å². The summed E-state index contributed by atoms with van der Waals surface area (Å²) in [4.78, 5) is 2.55. The SMILES string of the molecule is CCC(C)C(C)N1CC(N)C(C)(C)C1. The van der Waals surface area contributed by atoms with Gasteiger partial charge in [-0.3, -0.25) is 4.90 Å². The molecule has 1 saturated heterocycles. The van der Waals surface area contributed by atoms with E-state index in [0.29, 0.717) is 17.5 Å². The van der Waals surface area contributed by atoms with E-state index in [2.05, 4.69) is 39.5 Å². The standard InChI is InChI=1S/C12H26N2/c1-6-9(2)10(3)14-7-11(13)12(4,5)8-14/h9-11H,6-8,13H2,1-5H3. The minimum Gasteiger partial charge on any atom is -0.326 e. The Morgan fingerprint density at radius 1 is 1.43 bits per heavy atom. The van der Waals surface area contributed by atoms with E-state index in [9.17, 15) is 0 Å². The third-order valence-electron chi connectivity index (χ3n) is 4.09. The van der Waals surface area contributed by atoms with E-state index in [-0.39, 0.29) is 0 Å². The Morgan fingerprint density at radius 3 is 2.36 bits per heavy atom. The summed E-state index contributed by atoms with van der Waals surface area (Å²) in [7, 11) is 0. The van der Waals surface area contributed by atoms with Crippen molar-refractivity contribution >= 4 is 0 Å². The second kappa shape index (κ2) is 4.19. The maximum absolute atomic E-state index is 6.14. The maximum Gasteiger partial charge on any atom is 0.0232 e. The Balaban J connectivity index is 2.57. The Labute approximate surface area is 88.8 Å². The van der Waals surface area contributed by atoms with E-state index in [1.54, 1.807) is 0 Å². The van der Waals surface area contributed by atoms with Crippen molar-refractivity contribution in [3.63, 3.8) is 0 Å². The quantitative estimate of drug-likeness (QED) is 0.752. The highest BCUT2D eigenvalue weighted by Crippen LogP contribution is 2.31. The third kappa shape index (κ3) is 2.29. The zero-order valence-corrected chi connectivity index (χ0v) is 10.4. The number of rotatable bonds is 3. The predicted molar refractivity (Wildman–Crippen MR) is 62.2 cm³/mol. The summed E-state index contributed by atoms with van der Waals surface area (Å²) in [5, 5.41) is 0. The molecular weight excluding hydrogens is 172 g/mol. The Morgan fingerprint density at radius 2 is 2.00 bits per heavy atom. The van der Waals surface area contributed by atoms with Crippen molar-refractivity contribution < 1.29 is 0 Å². The van der Waals surface area contributed by atoms with Gasteiger partial charge in [-0.15, -0.1) is 0 Å². The summed E-state index contributed by atoms with van der Waals surface area (Å²) in [5.74, 6) is 0.774. The zero-order chi connectivity index (χ0) is 10.9. The first-order chi connectivity index (χ1) is 6.38. The van der Waals surface area contributed by atoms with Gasteiger partial charge in [0.2, 0.25) is 0 Å². The van der Waals surface area contributed by atoms with Crippen LogP contribution in [0.25, 0.3) is 0 Å². The highest BCUT2D eigenvalue weighted by Gasteiger charge is 2.39. The predicted octanol–water partition coefficient (Wildman–Crippen LogP) is 2.09. The molecule has 0 aromatic rings. The second-order valence-corrected chi connectivity index (χ2v) is 5.65. The van der Waals surface area contributed by atoms with Gasteiger partial charge in [0.25, 0.3) is 0 Å². The molecule has 0 amide bonds. The van der Waals surface area contributed by atoms with Crippen LogP contribution >= 0.6 is 0 Å². The van der Waals surface area contributed by atoms with Gasteiger partial charge in [-0.1, -0.05) is 34.1 Å². The van der Waals surface area contributed by atoms with E-state index in [1.807, 2.05) is 0 Å². The molecule has 0 bridgehead atoms. The van der Waals surface area contributed by atoms with Gasteiger partial charge in [0.1, 0.15) is 0 Å². The first-order valence-electron chi connectivity index (χ1n) is 5.88. The molecule has 2 nitrogen and oxygen atoms in total. The molecule has 2 N–H and O–H groups in total. The van der Waals surface area contributed by atoms with E-state index < -0.39 is 0 Å². The second-order valence-electron chi connectivity index (χ2n) is 5.65. The van der Waals surface area contributed by atoms with Crippen LogP contribution in [0.3, 0.4) is 0 Å². The molecule has 0 aromatic heterocycles. The summed E-state index contributed by atoms with van der Waals surface area (Å²) >= 11 is 0. The minimum atomic E-state index is 0.293. The number of nitrogens with two attached hydrogens (primary N) is 1. The van der Waals surface area contributed by atoms with Gasteiger partial charge < -0.3 is 5.73 Å². The average molecular weight is 198 g/mol. The van der Waals surface area contributed by atoms with Crippen LogP contribution in [0, 0.1) is 11.3 Å². The summed E-state index contributed by atoms with van der Waals surface area (Å²) in [6.45, 7) is 13.7. The van der Waals surface area contributed by atoms with Crippen molar-refractivity contribution in [1.29, 1.82) is 0 Å². The lowest BCUT2D eigenvalue weighted by atomic mass is 9.88. The molecule has 84 valence electrons. The minimum absolute atomic E-state index is 0.293. The monoisotopic (exact) mass is 198 g/mol. The molecule has 0 radical (unpaired) electrons. The maximum atomic E-state index is 6.14. The molecule has 0 aromatic carbocycles. The summed E-state index contributed by atoms with van der Waals surface area (Å²) in [6, 6.07) is 1.02. The number of likely N-dealkylation sites (tertiary alicyclic amines) is 1. The van der Waals surface area contributed by atoms with Crippen LogP contribution in [0.1, 0.15) is 41.0 Å². The van der Waals surface area contributed by atoms with Gasteiger partial charge >= 0.3 is 0 Å². The van der Waals surface area contributed by atoms with Crippen molar-refractivity contribution in [3.05, 3.63) is 0 Å². The van der Waals surface area contributed by atoms with Crippen molar-refractivity contribution in [2.24, 2.45) is 17.1 Å². The van der Waals surface area contributed by atoms with Gasteiger partial charge in [0.05, 0.1) is 0 Å². The Bertz CT molecular complexity index is 189. The van der Waals surface area contributed by atoms with Gasteiger partial charge in [-0.2, -0.15) is 0 Å². The highest BCUT2D eigenvalue weighted by atomic mass is 15.2. The smallest absolute Gasteiger partial charge is 0.0232 e. The molecular formula is C12H26N2. The number of nitrogens with zero attached hydrogens (tertiary/aromatic N) is 1. The van der Waals surface area contributed by atoms with Gasteiger partial charge in [-0.05, 0) is 18.3 Å². The van der Waals surface area contributed by atoms with Crippen molar-refractivity contribution in [2.45, 2.75) is 53.1 Å². The summed E-state index contributed by atoms with van der Waals surface area (Å²) < 4.78 is 0. The van der Waals surface area contributed by atoms with E-state index in [1.165, 1.54) is 6.42 Å². The lowest BCUT2D eigenvalue weighted by molar-refractivity contribution is 0.177. The molecule has 1 fully saturated rings. The van der Waals surface area contributed by atoms with Crippen LogP contribution in [0.15, 0.2) is 0 Å². The molecule has 14 heavy (non-hydrogen) atoms. The molecule has 0 aliphatic carbocycles. The molecule has 1 aliphatic heterocycles. The fourth-order valence-corrected chi connectivity index (χ4v) is 2.22. The molecule has 3 unspecified atom stereocenters. The number of hydrogen-bond donors (Lipinski definition) is 1. The lowest BCUT2D eigenvalue weighted by Crippen LogP contribution is -2.37.